The van der Waals surface area contributed by atoms with Crippen LogP contribution in [0.4, 0.5) is 0 Å². The summed E-state index contributed by atoms with van der Waals surface area (Å²) in [6.07, 6.45) is 10.1. The molecular formula is C16H30N2O2. The van der Waals surface area contributed by atoms with Gasteiger partial charge in [0.1, 0.15) is 0 Å². The highest BCUT2D eigenvalue weighted by Gasteiger charge is 2.41. The number of likely N-dealkylation sites (N-methyl/N-ethyl adjacent to an activating group) is 1. The van der Waals surface area contributed by atoms with Gasteiger partial charge in [0.05, 0.1) is 12.7 Å². The molecule has 2 aliphatic carbocycles. The van der Waals surface area contributed by atoms with Gasteiger partial charge in [0.15, 0.2) is 0 Å². The number of hydrogen-bond donors (Lipinski definition) is 2. The van der Waals surface area contributed by atoms with E-state index in [0.717, 1.165) is 26.0 Å². The summed E-state index contributed by atoms with van der Waals surface area (Å²) >= 11 is 0. The van der Waals surface area contributed by atoms with Crippen LogP contribution in [0.1, 0.15) is 51.4 Å². The molecule has 3 rings (SSSR count). The molecule has 4 heteroatoms. The summed E-state index contributed by atoms with van der Waals surface area (Å²) in [5, 5.41) is 13.6. The third-order valence-electron chi connectivity index (χ3n) is 5.35. The van der Waals surface area contributed by atoms with Gasteiger partial charge in [-0.25, -0.2) is 0 Å². The number of rotatable bonds is 6. The lowest BCUT2D eigenvalue weighted by Crippen LogP contribution is -2.56. The van der Waals surface area contributed by atoms with Crippen molar-refractivity contribution in [3.63, 3.8) is 0 Å². The molecule has 3 unspecified atom stereocenters. The standard InChI is InChI=1S/C16H30N2O2/c1-18(11-15-5-3-9-20-15)14-4-2-8-16(10-14,12-19)17-13-6-7-13/h13-15,17,19H,2-12H2,1H3. The van der Waals surface area contributed by atoms with Crippen molar-refractivity contribution in [3.8, 4) is 0 Å². The number of hydrogen-bond acceptors (Lipinski definition) is 4. The lowest BCUT2D eigenvalue weighted by Gasteiger charge is -2.44. The molecule has 0 spiro atoms. The van der Waals surface area contributed by atoms with Gasteiger partial charge in [-0.1, -0.05) is 0 Å². The molecule has 2 saturated carbocycles. The molecule has 0 amide bonds. The van der Waals surface area contributed by atoms with Crippen LogP contribution in [-0.2, 0) is 4.74 Å². The lowest BCUT2D eigenvalue weighted by molar-refractivity contribution is 0.0333. The predicted molar refractivity (Wildman–Crippen MR) is 79.8 cm³/mol. The highest BCUT2D eigenvalue weighted by atomic mass is 16.5. The van der Waals surface area contributed by atoms with Gasteiger partial charge in [-0.15, -0.1) is 0 Å². The van der Waals surface area contributed by atoms with Crippen molar-refractivity contribution in [1.29, 1.82) is 0 Å². The van der Waals surface area contributed by atoms with Crippen LogP contribution in [0.25, 0.3) is 0 Å². The molecule has 0 aromatic carbocycles. The van der Waals surface area contributed by atoms with Gasteiger partial charge >= 0.3 is 0 Å². The summed E-state index contributed by atoms with van der Waals surface area (Å²) in [5.41, 5.74) is -0.0190. The third-order valence-corrected chi connectivity index (χ3v) is 5.35. The number of ether oxygens (including phenoxy) is 1. The van der Waals surface area contributed by atoms with Crippen LogP contribution < -0.4 is 5.32 Å². The number of nitrogens with one attached hydrogen (secondary N) is 1. The van der Waals surface area contributed by atoms with E-state index in [0.29, 0.717) is 18.2 Å². The predicted octanol–water partition coefficient (Wildman–Crippen LogP) is 1.52. The van der Waals surface area contributed by atoms with Crippen LogP contribution in [0.5, 0.6) is 0 Å². The minimum Gasteiger partial charge on any atom is -0.394 e. The van der Waals surface area contributed by atoms with E-state index in [9.17, 15) is 5.11 Å². The van der Waals surface area contributed by atoms with Crippen LogP contribution in [0.3, 0.4) is 0 Å². The van der Waals surface area contributed by atoms with Crippen molar-refractivity contribution in [3.05, 3.63) is 0 Å². The van der Waals surface area contributed by atoms with Gasteiger partial charge in [0, 0.05) is 30.8 Å². The van der Waals surface area contributed by atoms with Crippen molar-refractivity contribution in [2.75, 3.05) is 26.8 Å². The molecule has 3 atom stereocenters. The van der Waals surface area contributed by atoms with Gasteiger partial charge in [0.2, 0.25) is 0 Å². The zero-order valence-corrected chi connectivity index (χ0v) is 12.8. The lowest BCUT2D eigenvalue weighted by atomic mass is 9.78. The zero-order valence-electron chi connectivity index (χ0n) is 12.8. The first-order valence-electron chi connectivity index (χ1n) is 8.41. The van der Waals surface area contributed by atoms with E-state index in [-0.39, 0.29) is 12.1 Å². The van der Waals surface area contributed by atoms with Crippen molar-refractivity contribution in [2.24, 2.45) is 0 Å². The Morgan fingerprint density at radius 1 is 1.25 bits per heavy atom. The summed E-state index contributed by atoms with van der Waals surface area (Å²) in [5.74, 6) is 0. The number of aliphatic hydroxyl groups is 1. The molecule has 116 valence electrons. The average Bonchev–Trinajstić information content (AvgIpc) is 3.12. The van der Waals surface area contributed by atoms with Crippen LogP contribution in [0.2, 0.25) is 0 Å². The molecule has 4 nitrogen and oxygen atoms in total. The minimum absolute atomic E-state index is 0.0190. The Labute approximate surface area is 122 Å². The van der Waals surface area contributed by atoms with Crippen molar-refractivity contribution in [1.82, 2.24) is 10.2 Å². The molecule has 0 aromatic rings. The van der Waals surface area contributed by atoms with Crippen LogP contribution in [-0.4, -0.2) is 60.5 Å². The number of aliphatic hydroxyl groups excluding tert-OH is 1. The van der Waals surface area contributed by atoms with E-state index >= 15 is 0 Å². The summed E-state index contributed by atoms with van der Waals surface area (Å²) in [4.78, 5) is 2.48. The molecule has 0 aromatic heterocycles. The largest absolute Gasteiger partial charge is 0.394 e. The Morgan fingerprint density at radius 2 is 2.10 bits per heavy atom. The topological polar surface area (TPSA) is 44.7 Å². The van der Waals surface area contributed by atoms with Crippen LogP contribution >= 0.6 is 0 Å². The fourth-order valence-electron chi connectivity index (χ4n) is 3.95. The molecule has 2 N–H and O–H groups in total. The van der Waals surface area contributed by atoms with E-state index in [2.05, 4.69) is 17.3 Å². The van der Waals surface area contributed by atoms with Gasteiger partial charge in [0.25, 0.3) is 0 Å². The Hall–Kier alpha value is -0.160. The van der Waals surface area contributed by atoms with Crippen molar-refractivity contribution < 1.29 is 9.84 Å². The van der Waals surface area contributed by atoms with Crippen molar-refractivity contribution >= 4 is 0 Å². The van der Waals surface area contributed by atoms with E-state index in [1.54, 1.807) is 0 Å². The van der Waals surface area contributed by atoms with Gasteiger partial charge < -0.3 is 20.1 Å². The second-order valence-corrected chi connectivity index (χ2v) is 7.18. The van der Waals surface area contributed by atoms with E-state index in [4.69, 9.17) is 4.74 Å². The maximum absolute atomic E-state index is 9.90. The fraction of sp³-hybridized carbons (Fsp3) is 1.00. The summed E-state index contributed by atoms with van der Waals surface area (Å²) in [6, 6.07) is 1.26. The molecule has 20 heavy (non-hydrogen) atoms. The minimum atomic E-state index is -0.0190. The first-order valence-corrected chi connectivity index (χ1v) is 8.41. The highest BCUT2D eigenvalue weighted by Crippen LogP contribution is 2.34. The van der Waals surface area contributed by atoms with E-state index < -0.39 is 0 Å². The van der Waals surface area contributed by atoms with Crippen LogP contribution in [0.15, 0.2) is 0 Å². The molecule has 1 heterocycles. The first kappa shape index (κ1) is 14.8. The molecule has 0 radical (unpaired) electrons. The Morgan fingerprint density at radius 3 is 2.75 bits per heavy atom. The van der Waals surface area contributed by atoms with E-state index in [1.165, 1.54) is 38.5 Å². The van der Waals surface area contributed by atoms with Crippen molar-refractivity contribution in [2.45, 2.75) is 75.1 Å². The Balaban J connectivity index is 1.55. The highest BCUT2D eigenvalue weighted by molar-refractivity contribution is 5.00. The molecule has 1 aliphatic heterocycles. The maximum Gasteiger partial charge on any atom is 0.0702 e. The monoisotopic (exact) mass is 282 g/mol. The average molecular weight is 282 g/mol. The Bertz CT molecular complexity index is 316. The molecule has 3 aliphatic rings. The Kier molecular flexibility index (Phi) is 4.65. The van der Waals surface area contributed by atoms with E-state index in [1.807, 2.05) is 0 Å². The van der Waals surface area contributed by atoms with Gasteiger partial charge in [-0.05, 0) is 58.4 Å². The summed E-state index contributed by atoms with van der Waals surface area (Å²) in [6.45, 7) is 2.27. The smallest absolute Gasteiger partial charge is 0.0702 e. The second kappa shape index (κ2) is 6.30. The zero-order chi connectivity index (χ0) is 14.0. The fourth-order valence-corrected chi connectivity index (χ4v) is 3.95. The molecular weight excluding hydrogens is 252 g/mol. The quantitative estimate of drug-likeness (QED) is 0.775. The molecule has 1 saturated heterocycles. The van der Waals surface area contributed by atoms with Crippen LogP contribution in [0, 0.1) is 0 Å². The molecule has 3 fully saturated rings. The summed E-state index contributed by atoms with van der Waals surface area (Å²) in [7, 11) is 2.23. The third kappa shape index (κ3) is 3.53. The normalized spacial score (nSPS) is 38.5. The van der Waals surface area contributed by atoms with Gasteiger partial charge in [-0.2, -0.15) is 0 Å². The maximum atomic E-state index is 9.90. The number of nitrogens with zero attached hydrogens (tertiary/aromatic N) is 1. The molecule has 0 bridgehead atoms. The first-order chi connectivity index (χ1) is 9.71. The second-order valence-electron chi connectivity index (χ2n) is 7.18. The summed E-state index contributed by atoms with van der Waals surface area (Å²) < 4.78 is 5.76. The van der Waals surface area contributed by atoms with Gasteiger partial charge in [-0.3, -0.25) is 0 Å². The SMILES string of the molecule is CN(CC1CCCO1)C1CCCC(CO)(NC2CC2)C1.